The van der Waals surface area contributed by atoms with Gasteiger partial charge in [-0.15, -0.1) is 18.3 Å². The number of carbonyl (C=O) groups is 1. The number of nitrogens with two attached hydrogens (primary N) is 1. The van der Waals surface area contributed by atoms with E-state index in [0.717, 1.165) is 6.07 Å². The summed E-state index contributed by atoms with van der Waals surface area (Å²) in [5.41, 5.74) is 6.41. The normalized spacial score (nSPS) is 12.9. The van der Waals surface area contributed by atoms with Crippen molar-refractivity contribution >= 4 is 29.1 Å². The Morgan fingerprint density at radius 3 is 2.79 bits per heavy atom. The quantitative estimate of drug-likeness (QED) is 0.329. The Kier molecular flexibility index (Phi) is 5.42. The molecule has 0 aliphatic carbocycles. The second-order valence-corrected chi connectivity index (χ2v) is 6.96. The number of pyridine rings is 2. The molecule has 0 bridgehead atoms. The number of nitrogens with zero attached hydrogens (tertiary/aromatic N) is 4. The lowest BCUT2D eigenvalue weighted by molar-refractivity contribution is -0.274. The molecule has 3 heterocycles. The van der Waals surface area contributed by atoms with E-state index in [9.17, 15) is 22.4 Å². The SMILES string of the molecule is [2H]C(NC(=O)c1cc(-c2ccn3nc(N)nc3c2)cnc1Cl)c1cc(OC(F)(F)F)ccc1F. The molecule has 0 aliphatic rings. The molecule has 0 spiro atoms. The third kappa shape index (κ3) is 5.12. The average Bonchev–Trinajstić information content (AvgIpc) is 3.13. The van der Waals surface area contributed by atoms with Crippen LogP contribution in [0.2, 0.25) is 5.15 Å². The highest BCUT2D eigenvalue weighted by atomic mass is 35.5. The molecule has 0 saturated carbocycles. The number of hydrogen-bond acceptors (Lipinski definition) is 6. The lowest BCUT2D eigenvalue weighted by atomic mass is 10.1. The highest BCUT2D eigenvalue weighted by Crippen LogP contribution is 2.26. The maximum Gasteiger partial charge on any atom is 0.573 e. The predicted octanol–water partition coefficient (Wildman–Crippen LogP) is 3.99. The predicted molar refractivity (Wildman–Crippen MR) is 110 cm³/mol. The molecule has 3 N–H and O–H groups in total. The number of amides is 1. The molecular weight excluding hydrogens is 468 g/mol. The van der Waals surface area contributed by atoms with Gasteiger partial charge in [-0.3, -0.25) is 4.79 Å². The molecule has 4 aromatic rings. The first kappa shape index (κ1) is 20.9. The zero-order chi connectivity index (χ0) is 24.6. The molecule has 0 aliphatic heterocycles. The molecule has 33 heavy (non-hydrogen) atoms. The van der Waals surface area contributed by atoms with Crippen molar-refractivity contribution < 1.29 is 28.5 Å². The summed E-state index contributed by atoms with van der Waals surface area (Å²) in [7, 11) is 0. The molecule has 1 amide bonds. The second-order valence-electron chi connectivity index (χ2n) is 6.60. The first-order valence-electron chi connectivity index (χ1n) is 9.64. The van der Waals surface area contributed by atoms with Crippen molar-refractivity contribution in [1.82, 2.24) is 24.9 Å². The molecule has 170 valence electrons. The number of benzene rings is 1. The number of hydrogen-bond donors (Lipinski definition) is 2. The van der Waals surface area contributed by atoms with Crippen LogP contribution in [-0.2, 0) is 6.52 Å². The minimum absolute atomic E-state index is 0.0740. The standard InChI is InChI=1S/C20H13ClF4N6O2/c21-17-14(6-11(8-27-17)10-3-4-31-16(7-10)29-19(26)30-31)18(32)28-9-12-5-13(1-2-15(12)22)33-20(23,24)25/h1-8H,9H2,(H2,26,30)(H,28,32)/i9D. The Labute approximate surface area is 189 Å². The fraction of sp³-hybridized carbons (Fsp3) is 0.100. The largest absolute Gasteiger partial charge is 0.573 e. The summed E-state index contributed by atoms with van der Waals surface area (Å²) < 4.78 is 64.7. The van der Waals surface area contributed by atoms with Gasteiger partial charge < -0.3 is 15.8 Å². The van der Waals surface area contributed by atoms with E-state index in [2.05, 4.69) is 25.1 Å². The van der Waals surface area contributed by atoms with Gasteiger partial charge in [0.25, 0.3) is 5.91 Å². The fourth-order valence-corrected chi connectivity index (χ4v) is 3.08. The molecule has 1 unspecified atom stereocenters. The topological polar surface area (TPSA) is 107 Å². The number of ether oxygens (including phenoxy) is 1. The zero-order valence-corrected chi connectivity index (χ0v) is 17.0. The van der Waals surface area contributed by atoms with Crippen molar-refractivity contribution in [3.8, 4) is 16.9 Å². The Bertz CT molecular complexity index is 1400. The number of nitrogens with one attached hydrogen (secondary N) is 1. The third-order valence-corrected chi connectivity index (χ3v) is 4.63. The van der Waals surface area contributed by atoms with Crippen LogP contribution in [0.4, 0.5) is 23.5 Å². The molecule has 1 atom stereocenters. The molecule has 4 rings (SSSR count). The van der Waals surface area contributed by atoms with Gasteiger partial charge in [-0.2, -0.15) is 4.98 Å². The summed E-state index contributed by atoms with van der Waals surface area (Å²) in [4.78, 5) is 20.8. The Morgan fingerprint density at radius 1 is 1.24 bits per heavy atom. The van der Waals surface area contributed by atoms with Crippen LogP contribution >= 0.6 is 11.6 Å². The van der Waals surface area contributed by atoms with E-state index in [1.54, 1.807) is 18.3 Å². The van der Waals surface area contributed by atoms with Crippen LogP contribution in [0.25, 0.3) is 16.8 Å². The summed E-state index contributed by atoms with van der Waals surface area (Å²) in [5, 5.41) is 5.94. The molecular formula is C20H13ClF4N6O2. The minimum Gasteiger partial charge on any atom is -0.406 e. The zero-order valence-electron chi connectivity index (χ0n) is 17.3. The van der Waals surface area contributed by atoms with Gasteiger partial charge in [-0.25, -0.2) is 13.9 Å². The van der Waals surface area contributed by atoms with E-state index in [1.807, 2.05) is 0 Å². The van der Waals surface area contributed by atoms with Crippen LogP contribution in [0.15, 0.2) is 48.8 Å². The molecule has 1 aromatic carbocycles. The van der Waals surface area contributed by atoms with Crippen LogP contribution < -0.4 is 15.8 Å². The van der Waals surface area contributed by atoms with Crippen molar-refractivity contribution in [3.63, 3.8) is 0 Å². The number of aromatic nitrogens is 4. The van der Waals surface area contributed by atoms with Gasteiger partial charge in [0.1, 0.15) is 16.7 Å². The first-order chi connectivity index (χ1) is 16.0. The van der Waals surface area contributed by atoms with E-state index in [1.165, 1.54) is 16.8 Å². The van der Waals surface area contributed by atoms with E-state index in [4.69, 9.17) is 18.7 Å². The Morgan fingerprint density at radius 2 is 2.03 bits per heavy atom. The van der Waals surface area contributed by atoms with E-state index in [0.29, 0.717) is 28.9 Å². The monoisotopic (exact) mass is 481 g/mol. The number of fused-ring (bicyclic) bond motifs is 1. The van der Waals surface area contributed by atoms with Crippen molar-refractivity contribution in [3.05, 3.63) is 70.9 Å². The summed E-state index contributed by atoms with van der Waals surface area (Å²) in [6, 6.07) is 6.84. The number of halogens is 5. The van der Waals surface area contributed by atoms with Crippen molar-refractivity contribution in [1.29, 1.82) is 0 Å². The first-order valence-corrected chi connectivity index (χ1v) is 9.44. The van der Waals surface area contributed by atoms with Crippen LogP contribution in [0, 0.1) is 5.82 Å². The van der Waals surface area contributed by atoms with Gasteiger partial charge in [-0.05, 0) is 42.0 Å². The Balaban J connectivity index is 1.59. The van der Waals surface area contributed by atoms with E-state index >= 15 is 0 Å². The third-order valence-electron chi connectivity index (χ3n) is 4.33. The summed E-state index contributed by atoms with van der Waals surface area (Å²) in [6.07, 6.45) is -2.00. The second kappa shape index (κ2) is 8.54. The summed E-state index contributed by atoms with van der Waals surface area (Å²) in [5.74, 6) is -2.56. The van der Waals surface area contributed by atoms with Crippen LogP contribution in [0.5, 0.6) is 5.75 Å². The van der Waals surface area contributed by atoms with Gasteiger partial charge in [0.2, 0.25) is 5.95 Å². The number of carbonyl (C=O) groups excluding carboxylic acids is 1. The molecule has 8 nitrogen and oxygen atoms in total. The molecule has 0 fully saturated rings. The Hall–Kier alpha value is -3.93. The maximum absolute atomic E-state index is 14.1. The van der Waals surface area contributed by atoms with Crippen LogP contribution in [0.1, 0.15) is 17.3 Å². The van der Waals surface area contributed by atoms with Gasteiger partial charge in [0.05, 0.1) is 6.93 Å². The van der Waals surface area contributed by atoms with E-state index < -0.39 is 35.9 Å². The number of nitrogen functional groups attached to an aromatic ring is 1. The lowest BCUT2D eigenvalue weighted by Gasteiger charge is -2.12. The van der Waals surface area contributed by atoms with Crippen molar-refractivity contribution in [2.45, 2.75) is 12.9 Å². The van der Waals surface area contributed by atoms with Gasteiger partial charge in [-0.1, -0.05) is 11.6 Å². The molecule has 0 saturated heterocycles. The number of anilines is 1. The van der Waals surface area contributed by atoms with Crippen LogP contribution in [-0.4, -0.2) is 31.9 Å². The van der Waals surface area contributed by atoms with E-state index in [-0.39, 0.29) is 16.7 Å². The number of rotatable bonds is 5. The highest BCUT2D eigenvalue weighted by Gasteiger charge is 2.31. The number of alkyl halides is 3. The van der Waals surface area contributed by atoms with Gasteiger partial charge >= 0.3 is 6.36 Å². The average molecular weight is 482 g/mol. The molecule has 13 heteroatoms. The summed E-state index contributed by atoms with van der Waals surface area (Å²) in [6.45, 7) is -1.76. The maximum atomic E-state index is 14.1. The fourth-order valence-electron chi connectivity index (χ4n) is 2.89. The van der Waals surface area contributed by atoms with Crippen molar-refractivity contribution in [2.75, 3.05) is 5.73 Å². The summed E-state index contributed by atoms with van der Waals surface area (Å²) >= 11 is 6.04. The van der Waals surface area contributed by atoms with Crippen molar-refractivity contribution in [2.24, 2.45) is 0 Å². The lowest BCUT2D eigenvalue weighted by Crippen LogP contribution is -2.24. The van der Waals surface area contributed by atoms with Gasteiger partial charge in [0, 0.05) is 30.0 Å². The highest BCUT2D eigenvalue weighted by molar-refractivity contribution is 6.32. The van der Waals surface area contributed by atoms with Crippen LogP contribution in [0.3, 0.4) is 0 Å². The van der Waals surface area contributed by atoms with Gasteiger partial charge in [0.15, 0.2) is 5.65 Å². The smallest absolute Gasteiger partial charge is 0.406 e. The molecule has 3 aromatic heterocycles. The minimum atomic E-state index is -5.00. The molecule has 0 radical (unpaired) electrons.